The average Bonchev–Trinajstić information content (AvgIpc) is 2.65. The van der Waals surface area contributed by atoms with Crippen molar-refractivity contribution in [2.75, 3.05) is 13.2 Å². The summed E-state index contributed by atoms with van der Waals surface area (Å²) < 4.78 is 10.4. The molecule has 8 heteroatoms. The summed E-state index contributed by atoms with van der Waals surface area (Å²) in [5.41, 5.74) is 1.16. The van der Waals surface area contributed by atoms with E-state index >= 15 is 0 Å². The molecular formula is C18H19N3O5. The number of nitro groups is 1. The number of nitro benzene ring substituents is 1. The minimum Gasteiger partial charge on any atom is -0.494 e. The van der Waals surface area contributed by atoms with E-state index in [4.69, 9.17) is 9.47 Å². The van der Waals surface area contributed by atoms with Crippen LogP contribution in [0.1, 0.15) is 19.8 Å². The maximum atomic E-state index is 11.2. The fraction of sp³-hybridized carbons (Fsp3) is 0.278. The van der Waals surface area contributed by atoms with Crippen molar-refractivity contribution in [1.82, 2.24) is 0 Å². The van der Waals surface area contributed by atoms with E-state index in [-0.39, 0.29) is 11.7 Å². The topological polar surface area (TPSA) is 103 Å². The summed E-state index contributed by atoms with van der Waals surface area (Å²) in [7, 11) is 0. The van der Waals surface area contributed by atoms with Crippen LogP contribution in [0.25, 0.3) is 0 Å². The Bertz CT molecular complexity index is 757. The second kappa shape index (κ2) is 9.87. The first kappa shape index (κ1) is 19.0. The SMILES string of the molecule is CCOC(=O)CCCOc1ccc(N=Nc2ccc([N+](=O)[O-])cc2)cc1. The van der Waals surface area contributed by atoms with Gasteiger partial charge in [0, 0.05) is 18.6 Å². The van der Waals surface area contributed by atoms with E-state index in [9.17, 15) is 14.9 Å². The van der Waals surface area contributed by atoms with Crippen molar-refractivity contribution in [3.63, 3.8) is 0 Å². The first-order valence-electron chi connectivity index (χ1n) is 8.13. The van der Waals surface area contributed by atoms with Crippen LogP contribution in [0.5, 0.6) is 5.75 Å². The monoisotopic (exact) mass is 357 g/mol. The van der Waals surface area contributed by atoms with Crippen LogP contribution in [-0.2, 0) is 9.53 Å². The van der Waals surface area contributed by atoms with E-state index in [1.807, 2.05) is 0 Å². The van der Waals surface area contributed by atoms with Crippen LogP contribution in [0.4, 0.5) is 17.1 Å². The van der Waals surface area contributed by atoms with Gasteiger partial charge in [0.25, 0.3) is 5.69 Å². The predicted molar refractivity (Wildman–Crippen MR) is 95.1 cm³/mol. The number of carbonyl (C=O) groups is 1. The first-order chi connectivity index (χ1) is 12.6. The lowest BCUT2D eigenvalue weighted by molar-refractivity contribution is -0.384. The molecule has 136 valence electrons. The Hall–Kier alpha value is -3.29. The van der Waals surface area contributed by atoms with Crippen LogP contribution in [-0.4, -0.2) is 24.1 Å². The van der Waals surface area contributed by atoms with Gasteiger partial charge in [-0.15, -0.1) is 0 Å². The van der Waals surface area contributed by atoms with Gasteiger partial charge in [0.15, 0.2) is 0 Å². The van der Waals surface area contributed by atoms with E-state index in [0.29, 0.717) is 43.2 Å². The largest absolute Gasteiger partial charge is 0.494 e. The summed E-state index contributed by atoms with van der Waals surface area (Å²) in [6, 6.07) is 12.8. The molecule has 0 radical (unpaired) electrons. The van der Waals surface area contributed by atoms with Gasteiger partial charge in [-0.1, -0.05) is 0 Å². The molecule has 0 aliphatic carbocycles. The predicted octanol–water partition coefficient (Wildman–Crippen LogP) is 4.73. The Morgan fingerprint density at radius 1 is 1.04 bits per heavy atom. The maximum absolute atomic E-state index is 11.2. The van der Waals surface area contributed by atoms with E-state index in [2.05, 4.69) is 10.2 Å². The number of nitrogens with zero attached hydrogens (tertiary/aromatic N) is 3. The van der Waals surface area contributed by atoms with E-state index in [0.717, 1.165) is 0 Å². The molecule has 0 aliphatic rings. The Balaban J connectivity index is 1.81. The van der Waals surface area contributed by atoms with Crippen molar-refractivity contribution in [1.29, 1.82) is 0 Å². The Morgan fingerprint density at radius 2 is 1.62 bits per heavy atom. The summed E-state index contributed by atoms with van der Waals surface area (Å²) in [6.45, 7) is 2.58. The lowest BCUT2D eigenvalue weighted by Gasteiger charge is -2.06. The molecule has 2 aromatic carbocycles. The van der Waals surface area contributed by atoms with Crippen molar-refractivity contribution in [2.24, 2.45) is 10.2 Å². The molecule has 0 bridgehead atoms. The highest BCUT2D eigenvalue weighted by Gasteiger charge is 2.03. The fourth-order valence-corrected chi connectivity index (χ4v) is 2.01. The molecule has 2 rings (SSSR count). The molecule has 0 N–H and O–H groups in total. The highest BCUT2D eigenvalue weighted by atomic mass is 16.6. The number of rotatable bonds is 9. The summed E-state index contributed by atoms with van der Waals surface area (Å²) in [5.74, 6) is 0.446. The van der Waals surface area contributed by atoms with Gasteiger partial charge in [-0.2, -0.15) is 10.2 Å². The third-order valence-electron chi connectivity index (χ3n) is 3.28. The highest BCUT2D eigenvalue weighted by molar-refractivity contribution is 5.69. The van der Waals surface area contributed by atoms with Gasteiger partial charge in [-0.3, -0.25) is 14.9 Å². The summed E-state index contributed by atoms with van der Waals surface area (Å²) in [4.78, 5) is 21.3. The molecule has 26 heavy (non-hydrogen) atoms. The number of non-ortho nitro benzene ring substituents is 1. The molecule has 0 spiro atoms. The molecule has 0 fully saturated rings. The van der Waals surface area contributed by atoms with Crippen molar-refractivity contribution >= 4 is 23.0 Å². The molecule has 0 amide bonds. The molecule has 0 heterocycles. The van der Waals surface area contributed by atoms with Gasteiger partial charge < -0.3 is 9.47 Å². The van der Waals surface area contributed by atoms with Crippen LogP contribution in [0, 0.1) is 10.1 Å². The van der Waals surface area contributed by atoms with Crippen LogP contribution in [0.2, 0.25) is 0 Å². The number of azo groups is 1. The zero-order chi connectivity index (χ0) is 18.8. The third kappa shape index (κ3) is 6.31. The number of ether oxygens (including phenoxy) is 2. The normalized spacial score (nSPS) is 10.7. The van der Waals surface area contributed by atoms with Crippen LogP contribution < -0.4 is 4.74 Å². The van der Waals surface area contributed by atoms with Gasteiger partial charge >= 0.3 is 5.97 Å². The highest BCUT2D eigenvalue weighted by Crippen LogP contribution is 2.23. The summed E-state index contributed by atoms with van der Waals surface area (Å²) >= 11 is 0. The Labute approximate surface area is 150 Å². The number of carbonyl (C=O) groups excluding carboxylic acids is 1. The van der Waals surface area contributed by atoms with Gasteiger partial charge in [0.2, 0.25) is 0 Å². The van der Waals surface area contributed by atoms with Gasteiger partial charge in [0.05, 0.1) is 29.5 Å². The van der Waals surface area contributed by atoms with Crippen LogP contribution >= 0.6 is 0 Å². The standard InChI is InChI=1S/C18H19N3O5/c1-2-25-18(22)4-3-13-26-17-11-7-15(8-12-17)20-19-14-5-9-16(10-6-14)21(23)24/h5-12H,2-4,13H2,1H3. The minimum absolute atomic E-state index is 0.00779. The average molecular weight is 357 g/mol. The molecular weight excluding hydrogens is 338 g/mol. The smallest absolute Gasteiger partial charge is 0.305 e. The van der Waals surface area contributed by atoms with Gasteiger partial charge in [0.1, 0.15) is 5.75 Å². The molecule has 2 aromatic rings. The number of hydrogen-bond donors (Lipinski definition) is 0. The quantitative estimate of drug-likeness (QED) is 0.212. The number of hydrogen-bond acceptors (Lipinski definition) is 7. The second-order valence-electron chi connectivity index (χ2n) is 5.22. The molecule has 0 atom stereocenters. The molecule has 8 nitrogen and oxygen atoms in total. The summed E-state index contributed by atoms with van der Waals surface area (Å²) in [6.07, 6.45) is 0.913. The Kier molecular flexibility index (Phi) is 7.23. The van der Waals surface area contributed by atoms with Crippen LogP contribution in [0.15, 0.2) is 58.8 Å². The molecule has 0 saturated carbocycles. The summed E-state index contributed by atoms with van der Waals surface area (Å²) in [5, 5.41) is 18.7. The lowest BCUT2D eigenvalue weighted by atomic mass is 10.3. The van der Waals surface area contributed by atoms with Gasteiger partial charge in [-0.25, -0.2) is 0 Å². The maximum Gasteiger partial charge on any atom is 0.305 e. The lowest BCUT2D eigenvalue weighted by Crippen LogP contribution is -2.06. The van der Waals surface area contributed by atoms with Crippen molar-refractivity contribution in [2.45, 2.75) is 19.8 Å². The second-order valence-corrected chi connectivity index (χ2v) is 5.22. The van der Waals surface area contributed by atoms with Crippen molar-refractivity contribution in [3.05, 3.63) is 58.6 Å². The van der Waals surface area contributed by atoms with Crippen molar-refractivity contribution < 1.29 is 19.2 Å². The molecule has 0 saturated heterocycles. The minimum atomic E-state index is -0.466. The molecule has 0 unspecified atom stereocenters. The fourth-order valence-electron chi connectivity index (χ4n) is 2.01. The van der Waals surface area contributed by atoms with Gasteiger partial charge in [-0.05, 0) is 49.7 Å². The van der Waals surface area contributed by atoms with E-state index in [1.54, 1.807) is 31.2 Å². The van der Waals surface area contributed by atoms with E-state index < -0.39 is 4.92 Å². The third-order valence-corrected chi connectivity index (χ3v) is 3.28. The number of benzene rings is 2. The zero-order valence-electron chi connectivity index (χ0n) is 14.3. The van der Waals surface area contributed by atoms with Crippen LogP contribution in [0.3, 0.4) is 0 Å². The number of esters is 1. The zero-order valence-corrected chi connectivity index (χ0v) is 14.3. The van der Waals surface area contributed by atoms with E-state index in [1.165, 1.54) is 24.3 Å². The Morgan fingerprint density at radius 3 is 2.15 bits per heavy atom. The molecule has 0 aliphatic heterocycles. The van der Waals surface area contributed by atoms with Crippen molar-refractivity contribution in [3.8, 4) is 5.75 Å². The first-order valence-corrected chi connectivity index (χ1v) is 8.13. The molecule has 0 aromatic heterocycles.